The van der Waals surface area contributed by atoms with E-state index in [0.29, 0.717) is 0 Å². The number of aromatic nitrogens is 1. The molecule has 0 amide bonds. The molecule has 0 aliphatic rings. The van der Waals surface area contributed by atoms with E-state index < -0.39 is 5.60 Å². The number of H-pyrrole nitrogens is 1. The van der Waals surface area contributed by atoms with Crippen molar-refractivity contribution in [3.05, 3.63) is 58.5 Å². The summed E-state index contributed by atoms with van der Waals surface area (Å²) in [6.45, 7) is 3.49. The fraction of sp³-hybridized carbons (Fsp3) is 0.214. The van der Waals surface area contributed by atoms with Crippen molar-refractivity contribution in [1.82, 2.24) is 4.98 Å². The van der Waals surface area contributed by atoms with Gasteiger partial charge in [0.2, 0.25) is 5.56 Å². The number of rotatable bonds is 2. The third-order valence-electron chi connectivity index (χ3n) is 2.70. The zero-order chi connectivity index (χ0) is 12.5. The molecule has 2 rings (SSSR count). The Bertz CT molecular complexity index is 562. The SMILES string of the molecule is CC(C)(O)c1ccc(-c2cc[nH]c(=O)c2)cc1. The summed E-state index contributed by atoms with van der Waals surface area (Å²) >= 11 is 0. The van der Waals surface area contributed by atoms with Crippen LogP contribution >= 0.6 is 0 Å². The highest BCUT2D eigenvalue weighted by Crippen LogP contribution is 2.23. The molecule has 0 radical (unpaired) electrons. The summed E-state index contributed by atoms with van der Waals surface area (Å²) in [5.41, 5.74) is 1.73. The molecule has 0 bridgehead atoms. The fourth-order valence-corrected chi connectivity index (χ4v) is 1.69. The number of aromatic amines is 1. The molecule has 0 fully saturated rings. The molecule has 17 heavy (non-hydrogen) atoms. The van der Waals surface area contributed by atoms with Crippen molar-refractivity contribution in [3.63, 3.8) is 0 Å². The lowest BCUT2D eigenvalue weighted by Gasteiger charge is -2.17. The maximum atomic E-state index is 11.2. The van der Waals surface area contributed by atoms with Gasteiger partial charge >= 0.3 is 0 Å². The van der Waals surface area contributed by atoms with Crippen molar-refractivity contribution in [2.45, 2.75) is 19.4 Å². The number of benzene rings is 1. The number of hydrogen-bond donors (Lipinski definition) is 2. The van der Waals surface area contributed by atoms with Crippen LogP contribution in [0.4, 0.5) is 0 Å². The van der Waals surface area contributed by atoms with E-state index in [9.17, 15) is 9.90 Å². The second-order valence-electron chi connectivity index (χ2n) is 4.58. The molecule has 3 nitrogen and oxygen atoms in total. The number of pyridine rings is 1. The van der Waals surface area contributed by atoms with Crippen LogP contribution in [0.5, 0.6) is 0 Å². The lowest BCUT2D eigenvalue weighted by atomic mass is 9.96. The van der Waals surface area contributed by atoms with Gasteiger partial charge in [0.1, 0.15) is 0 Å². The van der Waals surface area contributed by atoms with E-state index in [1.54, 1.807) is 26.1 Å². The minimum atomic E-state index is -0.841. The van der Waals surface area contributed by atoms with Gasteiger partial charge in [-0.05, 0) is 36.6 Å². The van der Waals surface area contributed by atoms with Crippen molar-refractivity contribution in [1.29, 1.82) is 0 Å². The van der Waals surface area contributed by atoms with Crippen LogP contribution in [0.25, 0.3) is 11.1 Å². The normalized spacial score (nSPS) is 11.5. The highest BCUT2D eigenvalue weighted by Gasteiger charge is 2.15. The average molecular weight is 229 g/mol. The first-order valence-electron chi connectivity index (χ1n) is 5.49. The molecule has 88 valence electrons. The molecule has 0 unspecified atom stereocenters. The molecule has 2 N–H and O–H groups in total. The molecule has 0 spiro atoms. The summed E-state index contributed by atoms with van der Waals surface area (Å²) in [7, 11) is 0. The predicted molar refractivity (Wildman–Crippen MR) is 67.7 cm³/mol. The Morgan fingerprint density at radius 1 is 1.06 bits per heavy atom. The molecule has 0 aliphatic carbocycles. The summed E-state index contributed by atoms with van der Waals surface area (Å²) in [5.74, 6) is 0. The maximum Gasteiger partial charge on any atom is 0.248 e. The summed E-state index contributed by atoms with van der Waals surface area (Å²) in [6, 6.07) is 11.0. The van der Waals surface area contributed by atoms with E-state index in [0.717, 1.165) is 16.7 Å². The Labute approximate surface area is 99.8 Å². The zero-order valence-electron chi connectivity index (χ0n) is 9.90. The molecule has 1 aromatic carbocycles. The first-order chi connectivity index (χ1) is 7.97. The molecule has 2 aromatic rings. The van der Waals surface area contributed by atoms with E-state index in [1.807, 2.05) is 30.3 Å². The van der Waals surface area contributed by atoms with Gasteiger partial charge in [0.25, 0.3) is 0 Å². The topological polar surface area (TPSA) is 53.1 Å². The predicted octanol–water partition coefficient (Wildman–Crippen LogP) is 2.27. The van der Waals surface area contributed by atoms with Gasteiger partial charge in [-0.1, -0.05) is 24.3 Å². The molecule has 0 saturated carbocycles. The van der Waals surface area contributed by atoms with E-state index in [2.05, 4.69) is 4.98 Å². The van der Waals surface area contributed by atoms with E-state index in [4.69, 9.17) is 0 Å². The van der Waals surface area contributed by atoms with Crippen LogP contribution in [0.3, 0.4) is 0 Å². The van der Waals surface area contributed by atoms with Crippen molar-refractivity contribution < 1.29 is 5.11 Å². The second kappa shape index (κ2) is 4.18. The Morgan fingerprint density at radius 2 is 1.71 bits per heavy atom. The lowest BCUT2D eigenvalue weighted by molar-refractivity contribution is 0.0786. The van der Waals surface area contributed by atoms with Gasteiger partial charge in [0.15, 0.2) is 0 Å². The van der Waals surface area contributed by atoms with Crippen LogP contribution in [0.15, 0.2) is 47.4 Å². The number of hydrogen-bond acceptors (Lipinski definition) is 2. The quantitative estimate of drug-likeness (QED) is 0.830. The smallest absolute Gasteiger partial charge is 0.248 e. The maximum absolute atomic E-state index is 11.2. The number of aliphatic hydroxyl groups is 1. The van der Waals surface area contributed by atoms with Gasteiger partial charge in [-0.25, -0.2) is 0 Å². The Hall–Kier alpha value is -1.87. The van der Waals surface area contributed by atoms with Crippen molar-refractivity contribution in [2.75, 3.05) is 0 Å². The monoisotopic (exact) mass is 229 g/mol. The second-order valence-corrected chi connectivity index (χ2v) is 4.58. The summed E-state index contributed by atoms with van der Waals surface area (Å²) < 4.78 is 0. The van der Waals surface area contributed by atoms with Crippen molar-refractivity contribution in [2.24, 2.45) is 0 Å². The fourth-order valence-electron chi connectivity index (χ4n) is 1.69. The first-order valence-corrected chi connectivity index (χ1v) is 5.49. The minimum Gasteiger partial charge on any atom is -0.386 e. The van der Waals surface area contributed by atoms with E-state index in [1.165, 1.54) is 0 Å². The van der Waals surface area contributed by atoms with Crippen molar-refractivity contribution in [3.8, 4) is 11.1 Å². The number of nitrogens with one attached hydrogen (secondary N) is 1. The minimum absolute atomic E-state index is 0.117. The summed E-state index contributed by atoms with van der Waals surface area (Å²) in [5, 5.41) is 9.84. The van der Waals surface area contributed by atoms with Crippen LogP contribution in [-0.2, 0) is 5.60 Å². The van der Waals surface area contributed by atoms with Crippen LogP contribution < -0.4 is 5.56 Å². The Kier molecular flexibility index (Phi) is 2.86. The molecule has 0 aliphatic heterocycles. The van der Waals surface area contributed by atoms with Crippen LogP contribution in [0.2, 0.25) is 0 Å². The van der Waals surface area contributed by atoms with Gasteiger partial charge in [-0.15, -0.1) is 0 Å². The molecule has 1 heterocycles. The van der Waals surface area contributed by atoms with Crippen LogP contribution in [0.1, 0.15) is 19.4 Å². The van der Waals surface area contributed by atoms with Gasteiger partial charge in [-0.2, -0.15) is 0 Å². The van der Waals surface area contributed by atoms with Gasteiger partial charge in [-0.3, -0.25) is 4.79 Å². The lowest BCUT2D eigenvalue weighted by Crippen LogP contribution is -2.14. The molecule has 1 aromatic heterocycles. The Morgan fingerprint density at radius 3 is 2.24 bits per heavy atom. The molecular formula is C14H15NO2. The van der Waals surface area contributed by atoms with Crippen LogP contribution in [0, 0.1) is 0 Å². The zero-order valence-corrected chi connectivity index (χ0v) is 9.90. The molecule has 0 atom stereocenters. The average Bonchev–Trinajstić information content (AvgIpc) is 2.28. The van der Waals surface area contributed by atoms with Gasteiger partial charge in [0.05, 0.1) is 5.60 Å². The van der Waals surface area contributed by atoms with Crippen molar-refractivity contribution >= 4 is 0 Å². The molecule has 3 heteroatoms. The highest BCUT2D eigenvalue weighted by molar-refractivity contribution is 5.63. The summed E-state index contributed by atoms with van der Waals surface area (Å²) in [4.78, 5) is 13.8. The van der Waals surface area contributed by atoms with Gasteiger partial charge in [0, 0.05) is 12.3 Å². The van der Waals surface area contributed by atoms with E-state index >= 15 is 0 Å². The molecular weight excluding hydrogens is 214 g/mol. The Balaban J connectivity index is 2.39. The van der Waals surface area contributed by atoms with E-state index in [-0.39, 0.29) is 5.56 Å². The third-order valence-corrected chi connectivity index (χ3v) is 2.70. The third kappa shape index (κ3) is 2.63. The van der Waals surface area contributed by atoms with Gasteiger partial charge < -0.3 is 10.1 Å². The molecule has 0 saturated heterocycles. The largest absolute Gasteiger partial charge is 0.386 e. The van der Waals surface area contributed by atoms with Crippen LogP contribution in [-0.4, -0.2) is 10.1 Å². The summed E-state index contributed by atoms with van der Waals surface area (Å²) in [6.07, 6.45) is 1.63. The first kappa shape index (κ1) is 11.6. The highest BCUT2D eigenvalue weighted by atomic mass is 16.3. The standard InChI is InChI=1S/C14H15NO2/c1-14(2,17)12-5-3-10(4-6-12)11-7-8-15-13(16)9-11/h3-9,17H,1-2H3,(H,15,16).